The highest BCUT2D eigenvalue weighted by molar-refractivity contribution is 6.90. The smallest absolute Gasteiger partial charge is 0.410 e. The van der Waals surface area contributed by atoms with Gasteiger partial charge in [-0.15, -0.1) is 5.54 Å². The lowest BCUT2D eigenvalue weighted by Gasteiger charge is -2.42. The van der Waals surface area contributed by atoms with Gasteiger partial charge in [0.2, 0.25) is 5.88 Å². The number of anilines is 1. The summed E-state index contributed by atoms with van der Waals surface area (Å²) >= 11 is 0. The molecule has 19 heteroatoms. The molecule has 2 bridgehead atoms. The maximum atomic E-state index is 18.3. The third kappa shape index (κ3) is 10.4. The number of hydrogen-bond donors (Lipinski definition) is 0. The van der Waals surface area contributed by atoms with Crippen molar-refractivity contribution in [1.29, 1.82) is 0 Å². The van der Waals surface area contributed by atoms with Gasteiger partial charge in [-0.05, 0) is 93.2 Å². The number of ether oxygens (including phenoxy) is 5. The van der Waals surface area contributed by atoms with Crippen molar-refractivity contribution < 1.29 is 54.8 Å². The number of carbonyl (C=O) groups excluding carboxylic acids is 1. The van der Waals surface area contributed by atoms with Crippen molar-refractivity contribution in [3.8, 4) is 40.4 Å². The van der Waals surface area contributed by atoms with Crippen LogP contribution in [0.5, 0.6) is 17.6 Å². The number of piperazine rings is 1. The number of alkyl halides is 4. The number of rotatable bonds is 14. The summed E-state index contributed by atoms with van der Waals surface area (Å²) in [5, 5.41) is 0.483. The van der Waals surface area contributed by atoms with Crippen LogP contribution in [0.1, 0.15) is 106 Å². The predicted molar refractivity (Wildman–Crippen MR) is 262 cm³/mol. The molecule has 0 radical (unpaired) electrons. The van der Waals surface area contributed by atoms with Crippen molar-refractivity contribution in [3.05, 3.63) is 41.5 Å². The largest absolute Gasteiger partial charge is 0.477 e. The molecule has 1 amide bonds. The molecule has 0 saturated carbocycles. The number of fused-ring (bicyclic) bond motifs is 5. The van der Waals surface area contributed by atoms with E-state index in [2.05, 4.69) is 62.9 Å². The third-order valence-corrected chi connectivity index (χ3v) is 21.2. The van der Waals surface area contributed by atoms with E-state index in [-0.39, 0.29) is 113 Å². The van der Waals surface area contributed by atoms with Crippen LogP contribution in [0, 0.1) is 23.1 Å². The maximum absolute atomic E-state index is 18.3. The summed E-state index contributed by atoms with van der Waals surface area (Å²) in [5.74, 6) is 1.41. The lowest BCUT2D eigenvalue weighted by Crippen LogP contribution is -2.57. The van der Waals surface area contributed by atoms with E-state index in [9.17, 15) is 22.4 Å². The summed E-state index contributed by atoms with van der Waals surface area (Å²) in [6, 6.07) is 4.93. The zero-order valence-electron chi connectivity index (χ0n) is 42.4. The average Bonchev–Trinajstić information content (AvgIpc) is 3.91. The first kappa shape index (κ1) is 52.3. The molecule has 2 aromatic carbocycles. The van der Waals surface area contributed by atoms with Gasteiger partial charge < -0.3 is 28.6 Å². The van der Waals surface area contributed by atoms with Gasteiger partial charge in [0, 0.05) is 44.1 Å². The second-order valence-corrected chi connectivity index (χ2v) is 27.2. The number of benzene rings is 2. The number of methoxy groups -OCH3 is 1. The van der Waals surface area contributed by atoms with Crippen LogP contribution in [-0.2, 0) is 9.47 Å². The number of pyridine rings is 1. The topological polar surface area (TPSA) is 112 Å². The number of hydrogen-bond acceptors (Lipinski definition) is 11. The zero-order valence-corrected chi connectivity index (χ0v) is 43.4. The van der Waals surface area contributed by atoms with Crippen LogP contribution in [0.25, 0.3) is 32.9 Å². The SMILES string of the molecule is COCOc1cc(-c2nc(OCCC(F)(F)F)c3c(N4CC5CCC(C4)N5C(=O)OC(C)(C)C)nc(OC[C@@]45CCCN4C[C@H](F)C5)nc3c2F)c2c(C#C[Si](C(C)C)(C(C)C)C(C)C)c(F)ccc2c1. The molecule has 4 aliphatic heterocycles. The summed E-state index contributed by atoms with van der Waals surface area (Å²) in [4.78, 5) is 33.4. The number of amides is 1. The molecular formula is C52H66F6N6O6Si. The highest BCUT2D eigenvalue weighted by Crippen LogP contribution is 2.46. The Morgan fingerprint density at radius 1 is 0.915 bits per heavy atom. The van der Waals surface area contributed by atoms with Crippen molar-refractivity contribution in [1.82, 2.24) is 24.8 Å². The normalized spacial score (nSPS) is 21.7. The van der Waals surface area contributed by atoms with Gasteiger partial charge in [0.25, 0.3) is 0 Å². The molecule has 2 aromatic heterocycles. The fourth-order valence-electron chi connectivity index (χ4n) is 11.8. The first-order chi connectivity index (χ1) is 33.4. The van der Waals surface area contributed by atoms with Gasteiger partial charge in [0.1, 0.15) is 60.4 Å². The molecule has 71 heavy (non-hydrogen) atoms. The van der Waals surface area contributed by atoms with E-state index < -0.39 is 73.9 Å². The summed E-state index contributed by atoms with van der Waals surface area (Å²) in [6.07, 6.45) is -4.58. The summed E-state index contributed by atoms with van der Waals surface area (Å²) in [5.41, 5.74) is 1.96. The van der Waals surface area contributed by atoms with Gasteiger partial charge in [0.05, 0.1) is 36.2 Å². The van der Waals surface area contributed by atoms with Crippen LogP contribution < -0.4 is 19.1 Å². The Kier molecular flexibility index (Phi) is 14.8. The Morgan fingerprint density at radius 3 is 2.24 bits per heavy atom. The van der Waals surface area contributed by atoms with Crippen molar-refractivity contribution in [2.45, 2.75) is 153 Å². The molecule has 4 saturated heterocycles. The summed E-state index contributed by atoms with van der Waals surface area (Å²) < 4.78 is 121. The van der Waals surface area contributed by atoms with Crippen molar-refractivity contribution in [3.63, 3.8) is 0 Å². The predicted octanol–water partition coefficient (Wildman–Crippen LogP) is 11.5. The maximum Gasteiger partial charge on any atom is 0.410 e. The van der Waals surface area contributed by atoms with E-state index in [0.29, 0.717) is 31.2 Å². The molecule has 2 unspecified atom stereocenters. The van der Waals surface area contributed by atoms with E-state index in [4.69, 9.17) is 33.7 Å². The molecule has 4 aromatic rings. The molecule has 4 aliphatic rings. The van der Waals surface area contributed by atoms with Crippen LogP contribution in [-0.4, -0.2) is 128 Å². The van der Waals surface area contributed by atoms with E-state index in [1.165, 1.54) is 25.3 Å². The summed E-state index contributed by atoms with van der Waals surface area (Å²) in [7, 11) is -1.05. The van der Waals surface area contributed by atoms with Gasteiger partial charge in [-0.25, -0.2) is 22.9 Å². The molecule has 0 N–H and O–H groups in total. The molecule has 8 rings (SSSR count). The van der Waals surface area contributed by atoms with Crippen LogP contribution in [0.3, 0.4) is 0 Å². The Balaban J connectivity index is 1.37. The minimum atomic E-state index is -4.63. The van der Waals surface area contributed by atoms with Crippen molar-refractivity contribution in [2.75, 3.05) is 58.2 Å². The van der Waals surface area contributed by atoms with Crippen LogP contribution in [0.2, 0.25) is 16.6 Å². The quantitative estimate of drug-likeness (QED) is 0.0521. The van der Waals surface area contributed by atoms with E-state index in [0.717, 1.165) is 6.42 Å². The highest BCUT2D eigenvalue weighted by Gasteiger charge is 2.50. The first-order valence-corrected chi connectivity index (χ1v) is 27.0. The van der Waals surface area contributed by atoms with Crippen LogP contribution in [0.15, 0.2) is 24.3 Å². The van der Waals surface area contributed by atoms with E-state index in [1.807, 2.05) is 4.90 Å². The van der Waals surface area contributed by atoms with Gasteiger partial charge in [-0.3, -0.25) is 9.80 Å². The fraction of sp³-hybridized carbons (Fsp3) is 0.615. The molecule has 4 atom stereocenters. The molecule has 0 aliphatic carbocycles. The summed E-state index contributed by atoms with van der Waals surface area (Å²) in [6.45, 7) is 18.4. The Bertz CT molecular complexity index is 2670. The Hall–Kier alpha value is -5.06. The highest BCUT2D eigenvalue weighted by atomic mass is 28.3. The van der Waals surface area contributed by atoms with Gasteiger partial charge in [-0.1, -0.05) is 53.5 Å². The first-order valence-electron chi connectivity index (χ1n) is 24.8. The second kappa shape index (κ2) is 20.1. The Labute approximate surface area is 413 Å². The van der Waals surface area contributed by atoms with Gasteiger partial charge in [0.15, 0.2) is 12.6 Å². The van der Waals surface area contributed by atoms with Crippen molar-refractivity contribution in [2.24, 2.45) is 0 Å². The number of nitrogens with zero attached hydrogens (tertiary/aromatic N) is 6. The third-order valence-electron chi connectivity index (χ3n) is 14.9. The fourth-order valence-corrected chi connectivity index (χ4v) is 17.0. The van der Waals surface area contributed by atoms with Crippen LogP contribution in [0.4, 0.5) is 37.0 Å². The molecular weight excluding hydrogens is 947 g/mol. The lowest BCUT2D eigenvalue weighted by molar-refractivity contribution is -0.139. The van der Waals surface area contributed by atoms with Gasteiger partial charge in [-0.2, -0.15) is 23.1 Å². The van der Waals surface area contributed by atoms with E-state index >= 15 is 8.78 Å². The number of aromatic nitrogens is 3. The monoisotopic (exact) mass is 1010 g/mol. The minimum Gasteiger partial charge on any atom is -0.477 e. The lowest BCUT2D eigenvalue weighted by atomic mass is 9.95. The molecule has 6 heterocycles. The Morgan fingerprint density at radius 2 is 1.61 bits per heavy atom. The average molecular weight is 1010 g/mol. The van der Waals surface area contributed by atoms with Crippen LogP contribution >= 0.6 is 0 Å². The van der Waals surface area contributed by atoms with Crippen molar-refractivity contribution >= 4 is 41.7 Å². The molecule has 386 valence electrons. The number of halogens is 6. The standard InChI is InChI=1S/C52H66F6N6O6Si/c1-30(2)71(31(3)4,32(5)6)21-16-38-40(54)15-12-33-22-37(69-29-66-10)23-39(41(33)38)44-43(55)45-42(47(59-44)67-20-18-52(56,57)58)46(61-48(60-45)68-28-51-17-11-19-63(51)25-34(53)24-51)62-26-35-13-14-36(27-62)64(35)49(65)70-50(7,8)9/h12,15,22-23,30-32,34-36H,11,13-14,17-20,24-29H2,1-10H3/t34-,35?,36?,51+/m1/s1. The zero-order chi connectivity index (χ0) is 51.4. The number of carbonyl (C=O) groups is 1. The molecule has 4 fully saturated rings. The van der Waals surface area contributed by atoms with Gasteiger partial charge >= 0.3 is 18.3 Å². The van der Waals surface area contributed by atoms with E-state index in [1.54, 1.807) is 31.7 Å². The molecule has 0 spiro atoms. The molecule has 12 nitrogen and oxygen atoms in total. The second-order valence-electron chi connectivity index (χ2n) is 21.6. The minimum absolute atomic E-state index is 0.00969.